The number of aliphatic hydroxyl groups is 1. The molecule has 2 fully saturated rings. The molecule has 0 aromatic heterocycles. The highest BCUT2D eigenvalue weighted by atomic mass is 32.2. The van der Waals surface area contributed by atoms with Gasteiger partial charge in [0.2, 0.25) is 0 Å². The van der Waals surface area contributed by atoms with Crippen LogP contribution in [0.4, 0.5) is 0 Å². The molecule has 4 unspecified atom stereocenters. The van der Waals surface area contributed by atoms with Crippen LogP contribution in [0.3, 0.4) is 0 Å². The van der Waals surface area contributed by atoms with Crippen molar-refractivity contribution in [2.75, 3.05) is 12.8 Å². The molecule has 116 valence electrons. The van der Waals surface area contributed by atoms with E-state index in [0.717, 1.165) is 18.0 Å². The quantitative estimate of drug-likeness (QED) is 0.891. The molecule has 3 rings (SSSR count). The van der Waals surface area contributed by atoms with Crippen LogP contribution in [0.1, 0.15) is 37.4 Å². The minimum Gasteiger partial charge on any atom is -0.388 e. The average molecular weight is 309 g/mol. The Morgan fingerprint density at radius 1 is 1.29 bits per heavy atom. The van der Waals surface area contributed by atoms with Gasteiger partial charge in [-0.2, -0.15) is 0 Å². The van der Waals surface area contributed by atoms with Crippen LogP contribution in [0.5, 0.6) is 0 Å². The molecular weight excluding hydrogens is 286 g/mol. The Labute approximate surface area is 126 Å². The van der Waals surface area contributed by atoms with E-state index in [4.69, 9.17) is 0 Å². The summed E-state index contributed by atoms with van der Waals surface area (Å²) >= 11 is 0. The lowest BCUT2D eigenvalue weighted by Gasteiger charge is -2.21. The average Bonchev–Trinajstić information content (AvgIpc) is 3.03. The summed E-state index contributed by atoms with van der Waals surface area (Å²) in [6.45, 7) is 1.08. The van der Waals surface area contributed by atoms with E-state index in [2.05, 4.69) is 5.32 Å². The van der Waals surface area contributed by atoms with Crippen molar-refractivity contribution in [1.29, 1.82) is 0 Å². The molecule has 1 aromatic carbocycles. The number of nitrogens with one attached hydrogen (secondary N) is 1. The van der Waals surface area contributed by atoms with E-state index in [1.54, 1.807) is 24.3 Å². The van der Waals surface area contributed by atoms with E-state index in [-0.39, 0.29) is 0 Å². The van der Waals surface area contributed by atoms with E-state index in [1.807, 2.05) is 0 Å². The van der Waals surface area contributed by atoms with Crippen molar-refractivity contribution in [3.63, 3.8) is 0 Å². The summed E-state index contributed by atoms with van der Waals surface area (Å²) in [5.41, 5.74) is 0.797. The third kappa shape index (κ3) is 3.15. The Kier molecular flexibility index (Phi) is 4.08. The van der Waals surface area contributed by atoms with Crippen molar-refractivity contribution in [2.45, 2.75) is 42.7 Å². The van der Waals surface area contributed by atoms with E-state index in [0.29, 0.717) is 23.3 Å². The third-order valence-electron chi connectivity index (χ3n) is 5.05. The molecule has 1 aromatic rings. The van der Waals surface area contributed by atoms with Crippen LogP contribution in [0.15, 0.2) is 29.2 Å². The van der Waals surface area contributed by atoms with Gasteiger partial charge in [0, 0.05) is 12.3 Å². The molecule has 0 spiro atoms. The van der Waals surface area contributed by atoms with Gasteiger partial charge < -0.3 is 10.4 Å². The van der Waals surface area contributed by atoms with Gasteiger partial charge in [0.05, 0.1) is 11.0 Å². The highest BCUT2D eigenvalue weighted by Gasteiger charge is 2.39. The summed E-state index contributed by atoms with van der Waals surface area (Å²) in [4.78, 5) is 0.299. The first-order chi connectivity index (χ1) is 9.95. The molecule has 0 bridgehead atoms. The molecule has 1 saturated carbocycles. The number of hydrogen-bond donors (Lipinski definition) is 2. The van der Waals surface area contributed by atoms with Crippen molar-refractivity contribution in [1.82, 2.24) is 5.32 Å². The maximum absolute atomic E-state index is 11.4. The van der Waals surface area contributed by atoms with Gasteiger partial charge in [0.25, 0.3) is 0 Å². The van der Waals surface area contributed by atoms with Crippen LogP contribution >= 0.6 is 0 Å². The number of aliphatic hydroxyl groups excluding tert-OH is 1. The molecule has 2 N–H and O–H groups in total. The van der Waals surface area contributed by atoms with E-state index in [1.165, 1.54) is 25.5 Å². The molecular formula is C16H23NO3S. The van der Waals surface area contributed by atoms with Gasteiger partial charge in [-0.15, -0.1) is 0 Å². The lowest BCUT2D eigenvalue weighted by molar-refractivity contribution is 0.145. The van der Waals surface area contributed by atoms with Crippen LogP contribution in [-0.2, 0) is 9.84 Å². The first-order valence-corrected chi connectivity index (χ1v) is 9.56. The van der Waals surface area contributed by atoms with Gasteiger partial charge in [-0.1, -0.05) is 18.6 Å². The van der Waals surface area contributed by atoms with Crippen LogP contribution in [-0.4, -0.2) is 32.4 Å². The fourth-order valence-electron chi connectivity index (χ4n) is 3.87. The van der Waals surface area contributed by atoms with E-state index >= 15 is 0 Å². The smallest absolute Gasteiger partial charge is 0.175 e. The minimum atomic E-state index is -3.17. The Balaban J connectivity index is 1.67. The fourth-order valence-corrected chi connectivity index (χ4v) is 4.51. The summed E-state index contributed by atoms with van der Waals surface area (Å²) < 4.78 is 22.9. The molecule has 2 aliphatic rings. The predicted molar refractivity (Wildman–Crippen MR) is 81.8 cm³/mol. The summed E-state index contributed by atoms with van der Waals surface area (Å²) in [6, 6.07) is 6.99. The number of sulfone groups is 1. The Morgan fingerprint density at radius 3 is 2.67 bits per heavy atom. The van der Waals surface area contributed by atoms with Gasteiger partial charge in [-0.25, -0.2) is 8.42 Å². The zero-order valence-electron chi connectivity index (χ0n) is 12.3. The molecule has 1 aliphatic heterocycles. The lowest BCUT2D eigenvalue weighted by atomic mass is 9.89. The normalized spacial score (nSPS) is 30.3. The van der Waals surface area contributed by atoms with E-state index in [9.17, 15) is 13.5 Å². The Morgan fingerprint density at radius 2 is 2.00 bits per heavy atom. The second kappa shape index (κ2) is 5.71. The van der Waals surface area contributed by atoms with Crippen molar-refractivity contribution < 1.29 is 13.5 Å². The van der Waals surface area contributed by atoms with Crippen molar-refractivity contribution >= 4 is 9.84 Å². The first kappa shape index (κ1) is 15.0. The Bertz CT molecular complexity index is 596. The van der Waals surface area contributed by atoms with Gasteiger partial charge >= 0.3 is 0 Å². The van der Waals surface area contributed by atoms with E-state index < -0.39 is 15.9 Å². The predicted octanol–water partition coefficient (Wildman–Crippen LogP) is 1.90. The molecule has 4 atom stereocenters. The molecule has 0 radical (unpaired) electrons. The van der Waals surface area contributed by atoms with Crippen LogP contribution < -0.4 is 5.32 Å². The molecule has 1 aliphatic carbocycles. The standard InChI is InChI=1S/C16H23NO3S/c1-21(19,20)13-7-5-11(6-8-13)16(18)9-15-14-4-2-3-12(14)10-17-15/h5-8,12,14-18H,2-4,9-10H2,1H3. The fraction of sp³-hybridized carbons (Fsp3) is 0.625. The van der Waals surface area contributed by atoms with Gasteiger partial charge in [-0.3, -0.25) is 0 Å². The van der Waals surface area contributed by atoms with Crippen LogP contribution in [0.2, 0.25) is 0 Å². The highest BCUT2D eigenvalue weighted by molar-refractivity contribution is 7.90. The summed E-state index contributed by atoms with van der Waals surface area (Å²) in [6.07, 6.45) is 5.26. The summed E-state index contributed by atoms with van der Waals surface area (Å²) in [5, 5.41) is 13.9. The number of hydrogen-bond acceptors (Lipinski definition) is 4. The van der Waals surface area contributed by atoms with Crippen LogP contribution in [0, 0.1) is 11.8 Å². The van der Waals surface area contributed by atoms with Gasteiger partial charge in [-0.05, 0) is 55.3 Å². The molecule has 5 heteroatoms. The van der Waals surface area contributed by atoms with Crippen molar-refractivity contribution in [3.8, 4) is 0 Å². The second-order valence-corrected chi connectivity index (χ2v) is 8.48. The Hall–Kier alpha value is -0.910. The monoisotopic (exact) mass is 309 g/mol. The third-order valence-corrected chi connectivity index (χ3v) is 6.18. The summed E-state index contributed by atoms with van der Waals surface area (Å²) in [7, 11) is -3.17. The van der Waals surface area contributed by atoms with Crippen molar-refractivity contribution in [3.05, 3.63) is 29.8 Å². The minimum absolute atomic E-state index is 0.299. The summed E-state index contributed by atoms with van der Waals surface area (Å²) in [5.74, 6) is 1.49. The molecule has 21 heavy (non-hydrogen) atoms. The topological polar surface area (TPSA) is 66.4 Å². The zero-order valence-corrected chi connectivity index (χ0v) is 13.1. The number of rotatable bonds is 4. The molecule has 1 heterocycles. The number of benzene rings is 1. The largest absolute Gasteiger partial charge is 0.388 e. The lowest BCUT2D eigenvalue weighted by Crippen LogP contribution is -2.28. The first-order valence-electron chi connectivity index (χ1n) is 7.66. The second-order valence-electron chi connectivity index (χ2n) is 6.46. The number of fused-ring (bicyclic) bond motifs is 1. The van der Waals surface area contributed by atoms with Crippen LogP contribution in [0.25, 0.3) is 0 Å². The van der Waals surface area contributed by atoms with Gasteiger partial charge in [0.1, 0.15) is 0 Å². The SMILES string of the molecule is CS(=O)(=O)c1ccc(C(O)CC2NCC3CCCC32)cc1. The molecule has 0 amide bonds. The van der Waals surface area contributed by atoms with Gasteiger partial charge in [0.15, 0.2) is 9.84 Å². The molecule has 4 nitrogen and oxygen atoms in total. The molecule has 1 saturated heterocycles. The maximum Gasteiger partial charge on any atom is 0.175 e. The van der Waals surface area contributed by atoms with Crippen molar-refractivity contribution in [2.24, 2.45) is 11.8 Å². The highest BCUT2D eigenvalue weighted by Crippen LogP contribution is 2.40. The zero-order chi connectivity index (χ0) is 15.0. The maximum atomic E-state index is 11.4.